The van der Waals surface area contributed by atoms with Gasteiger partial charge in [0.15, 0.2) is 0 Å². The summed E-state index contributed by atoms with van der Waals surface area (Å²) in [4.78, 5) is 17.8. The van der Waals surface area contributed by atoms with Gasteiger partial charge in [-0.2, -0.15) is 0 Å². The van der Waals surface area contributed by atoms with Crippen molar-refractivity contribution >= 4 is 12.2 Å². The molecule has 7 nitrogen and oxygen atoms in total. The largest absolute Gasteiger partial charge is 0.497 e. The van der Waals surface area contributed by atoms with E-state index in [1.54, 1.807) is 13.4 Å². The Morgan fingerprint density at radius 2 is 1.97 bits per heavy atom. The van der Waals surface area contributed by atoms with Gasteiger partial charge in [-0.05, 0) is 49.2 Å². The standard InChI is InChI=1S/C23H27N3O2.CH2O2/c1-27-22-8-4-7-21(16-22)25-13-10-20(11-14-25)26(18-23-9-5-15-28-23)17-19-6-2-3-12-24-19;2-1-3/h2-9,12,15-16,20H,10-11,13-14,17-18H2,1H3;1H,(H,2,3). The number of nitrogens with zero attached hydrogens (tertiary/aromatic N) is 3. The number of pyridine rings is 1. The minimum atomic E-state index is -0.250. The zero-order valence-corrected chi connectivity index (χ0v) is 17.8. The number of methoxy groups -OCH3 is 1. The second-order valence-corrected chi connectivity index (χ2v) is 7.33. The molecule has 1 aromatic carbocycles. The molecule has 4 rings (SSSR count). The van der Waals surface area contributed by atoms with Gasteiger partial charge in [-0.1, -0.05) is 12.1 Å². The Balaban J connectivity index is 0.000000858. The highest BCUT2D eigenvalue weighted by Crippen LogP contribution is 2.27. The Morgan fingerprint density at radius 3 is 2.61 bits per heavy atom. The number of carboxylic acid groups (broad SMARTS) is 1. The monoisotopic (exact) mass is 423 g/mol. The number of aromatic nitrogens is 1. The summed E-state index contributed by atoms with van der Waals surface area (Å²) in [5.74, 6) is 1.92. The van der Waals surface area contributed by atoms with Crippen LogP contribution in [0.5, 0.6) is 5.75 Å². The van der Waals surface area contributed by atoms with E-state index < -0.39 is 0 Å². The van der Waals surface area contributed by atoms with E-state index in [-0.39, 0.29) is 6.47 Å². The molecular weight excluding hydrogens is 394 g/mol. The predicted octanol–water partition coefficient (Wildman–Crippen LogP) is 4.06. The van der Waals surface area contributed by atoms with Gasteiger partial charge < -0.3 is 19.2 Å². The molecule has 3 heterocycles. The number of furan rings is 1. The topological polar surface area (TPSA) is 79.0 Å². The number of hydrogen-bond donors (Lipinski definition) is 1. The predicted molar refractivity (Wildman–Crippen MR) is 119 cm³/mol. The fourth-order valence-electron chi connectivity index (χ4n) is 3.91. The van der Waals surface area contributed by atoms with Gasteiger partial charge in [0.25, 0.3) is 6.47 Å². The average Bonchev–Trinajstić information content (AvgIpc) is 3.33. The van der Waals surface area contributed by atoms with Gasteiger partial charge in [0.2, 0.25) is 0 Å². The number of rotatable bonds is 7. The van der Waals surface area contributed by atoms with Crippen molar-refractivity contribution in [3.05, 3.63) is 78.5 Å². The number of anilines is 1. The molecule has 1 aliphatic rings. The van der Waals surface area contributed by atoms with E-state index in [1.165, 1.54) is 5.69 Å². The van der Waals surface area contributed by atoms with Crippen molar-refractivity contribution in [1.29, 1.82) is 0 Å². The minimum Gasteiger partial charge on any atom is -0.497 e. The molecule has 7 heteroatoms. The number of piperidine rings is 1. The van der Waals surface area contributed by atoms with Gasteiger partial charge in [0.1, 0.15) is 11.5 Å². The van der Waals surface area contributed by atoms with Crippen LogP contribution in [0.3, 0.4) is 0 Å². The van der Waals surface area contributed by atoms with Crippen molar-refractivity contribution < 1.29 is 19.1 Å². The third-order valence-electron chi connectivity index (χ3n) is 5.43. The molecule has 1 aliphatic heterocycles. The first-order valence-corrected chi connectivity index (χ1v) is 10.4. The maximum atomic E-state index is 8.36. The first-order chi connectivity index (χ1) is 15.2. The molecule has 0 aliphatic carbocycles. The summed E-state index contributed by atoms with van der Waals surface area (Å²) in [7, 11) is 1.72. The molecule has 31 heavy (non-hydrogen) atoms. The van der Waals surface area contributed by atoms with Crippen LogP contribution in [-0.2, 0) is 17.9 Å². The van der Waals surface area contributed by atoms with Crippen molar-refractivity contribution in [3.63, 3.8) is 0 Å². The summed E-state index contributed by atoms with van der Waals surface area (Å²) in [6.07, 6.45) is 5.85. The second kappa shape index (κ2) is 11.8. The Labute approximate surface area is 182 Å². The highest BCUT2D eigenvalue weighted by atomic mass is 16.5. The summed E-state index contributed by atoms with van der Waals surface area (Å²) in [6, 6.07) is 19.0. The van der Waals surface area contributed by atoms with E-state index in [1.807, 2.05) is 24.4 Å². The van der Waals surface area contributed by atoms with Crippen molar-refractivity contribution in [2.45, 2.75) is 32.0 Å². The normalized spacial score (nSPS) is 14.1. The van der Waals surface area contributed by atoms with Crippen molar-refractivity contribution in [2.75, 3.05) is 25.1 Å². The lowest BCUT2D eigenvalue weighted by atomic mass is 10.0. The molecule has 0 atom stereocenters. The van der Waals surface area contributed by atoms with Crippen molar-refractivity contribution in [2.24, 2.45) is 0 Å². The molecule has 1 fully saturated rings. The smallest absolute Gasteiger partial charge is 0.290 e. The lowest BCUT2D eigenvalue weighted by Crippen LogP contribution is -2.44. The Hall–Kier alpha value is -3.32. The van der Waals surface area contributed by atoms with Crippen LogP contribution >= 0.6 is 0 Å². The Bertz CT molecular complexity index is 894. The van der Waals surface area contributed by atoms with E-state index in [0.717, 1.165) is 56.2 Å². The Kier molecular flexibility index (Phi) is 8.48. The summed E-state index contributed by atoms with van der Waals surface area (Å²) >= 11 is 0. The number of benzene rings is 1. The number of hydrogen-bond acceptors (Lipinski definition) is 6. The van der Waals surface area contributed by atoms with Crippen LogP contribution in [0, 0.1) is 0 Å². The third kappa shape index (κ3) is 6.58. The average molecular weight is 424 g/mol. The molecule has 2 aromatic heterocycles. The van der Waals surface area contributed by atoms with E-state index in [9.17, 15) is 0 Å². The lowest BCUT2D eigenvalue weighted by molar-refractivity contribution is -0.122. The third-order valence-corrected chi connectivity index (χ3v) is 5.43. The van der Waals surface area contributed by atoms with Crippen LogP contribution in [-0.4, -0.2) is 47.7 Å². The van der Waals surface area contributed by atoms with E-state index >= 15 is 0 Å². The molecule has 1 saturated heterocycles. The minimum absolute atomic E-state index is 0.250. The van der Waals surface area contributed by atoms with E-state index in [0.29, 0.717) is 6.04 Å². The van der Waals surface area contributed by atoms with Crippen LogP contribution < -0.4 is 9.64 Å². The molecule has 0 amide bonds. The second-order valence-electron chi connectivity index (χ2n) is 7.33. The quantitative estimate of drug-likeness (QED) is 0.574. The van der Waals surface area contributed by atoms with Gasteiger partial charge in [-0.25, -0.2) is 0 Å². The maximum absolute atomic E-state index is 8.36. The van der Waals surface area contributed by atoms with E-state index in [2.05, 4.69) is 51.2 Å². The molecule has 0 unspecified atom stereocenters. The Morgan fingerprint density at radius 1 is 1.16 bits per heavy atom. The molecule has 164 valence electrons. The molecule has 0 bridgehead atoms. The zero-order valence-electron chi connectivity index (χ0n) is 17.8. The first-order valence-electron chi connectivity index (χ1n) is 10.4. The zero-order chi connectivity index (χ0) is 21.9. The molecule has 0 spiro atoms. The highest BCUT2D eigenvalue weighted by molar-refractivity contribution is 5.51. The molecule has 0 saturated carbocycles. The van der Waals surface area contributed by atoms with Gasteiger partial charge >= 0.3 is 0 Å². The molecule has 0 radical (unpaired) electrons. The summed E-state index contributed by atoms with van der Waals surface area (Å²) < 4.78 is 11.0. The van der Waals surface area contributed by atoms with Crippen LogP contribution in [0.25, 0.3) is 0 Å². The van der Waals surface area contributed by atoms with Crippen LogP contribution in [0.2, 0.25) is 0 Å². The highest BCUT2D eigenvalue weighted by Gasteiger charge is 2.26. The van der Waals surface area contributed by atoms with Crippen molar-refractivity contribution in [3.8, 4) is 5.75 Å². The van der Waals surface area contributed by atoms with Gasteiger partial charge in [-0.3, -0.25) is 14.7 Å². The number of ether oxygens (including phenoxy) is 1. The molecule has 3 aromatic rings. The maximum Gasteiger partial charge on any atom is 0.290 e. The fraction of sp³-hybridized carbons (Fsp3) is 0.333. The molecule has 1 N–H and O–H groups in total. The van der Waals surface area contributed by atoms with Crippen molar-refractivity contribution in [1.82, 2.24) is 9.88 Å². The first kappa shape index (κ1) is 22.4. The fourth-order valence-corrected chi connectivity index (χ4v) is 3.91. The number of carbonyl (C=O) groups is 1. The van der Waals surface area contributed by atoms with Gasteiger partial charge in [-0.15, -0.1) is 0 Å². The summed E-state index contributed by atoms with van der Waals surface area (Å²) in [6.45, 7) is 3.47. The van der Waals surface area contributed by atoms with E-state index in [4.69, 9.17) is 19.1 Å². The van der Waals surface area contributed by atoms with Gasteiger partial charge in [0.05, 0.1) is 25.6 Å². The SMILES string of the molecule is COc1cccc(N2CCC(N(Cc3ccccn3)Cc3ccco3)CC2)c1.O=CO. The van der Waals surface area contributed by atoms with Crippen LogP contribution in [0.4, 0.5) is 5.69 Å². The summed E-state index contributed by atoms with van der Waals surface area (Å²) in [5, 5.41) is 6.89. The summed E-state index contributed by atoms with van der Waals surface area (Å²) in [5.41, 5.74) is 2.34. The molecular formula is C24H29N3O4. The lowest BCUT2D eigenvalue weighted by Gasteiger charge is -2.39. The van der Waals surface area contributed by atoms with Gasteiger partial charge in [0, 0.05) is 43.6 Å². The van der Waals surface area contributed by atoms with Crippen LogP contribution in [0.1, 0.15) is 24.3 Å². The van der Waals surface area contributed by atoms with Crippen LogP contribution in [0.15, 0.2) is 71.5 Å².